The molecule has 6 rings (SSSR count). The number of aliphatic hydroxyl groups is 1. The molecule has 0 unspecified atom stereocenters. The smallest absolute Gasteiger partial charge is 0.150 e. The van der Waals surface area contributed by atoms with Crippen LogP contribution in [0.5, 0.6) is 0 Å². The minimum atomic E-state index is -0.296. The molecule has 2 aliphatic rings. The van der Waals surface area contributed by atoms with Gasteiger partial charge < -0.3 is 20.5 Å². The van der Waals surface area contributed by atoms with Crippen LogP contribution < -0.4 is 10.6 Å². The molecule has 3 N–H and O–H groups in total. The van der Waals surface area contributed by atoms with Crippen molar-refractivity contribution in [3.05, 3.63) is 130 Å². The maximum absolute atomic E-state index is 13.9. The molecular weight excluding hydrogens is 747 g/mol. The molecule has 1 aromatic heterocycles. The van der Waals surface area contributed by atoms with Gasteiger partial charge in [0.25, 0.3) is 0 Å². The third kappa shape index (κ3) is 14.9. The molecule has 9 nitrogen and oxygen atoms in total. The first-order valence-corrected chi connectivity index (χ1v) is 19.4. The van der Waals surface area contributed by atoms with Gasteiger partial charge in [-0.05, 0) is 104 Å². The van der Waals surface area contributed by atoms with Gasteiger partial charge in [-0.1, -0.05) is 81.6 Å². The first kappa shape index (κ1) is 47.6. The first-order chi connectivity index (χ1) is 27.1. The van der Waals surface area contributed by atoms with Crippen LogP contribution in [0.2, 0.25) is 5.02 Å². The molecule has 2 aliphatic heterocycles. The standard InChI is InChI=1S/C26H27ClFN5S.C11H13NO.C3H6O.C3H8.CH4O/c1-29-21-9-10-25-24(16-21)31-26(33(25)34)17-32-13-11-19(12-14-32)23(30-2)6-4-3-5-18-7-8-20(27)15-22(18)28;1-4-10-6-9(7-13)5-8(2)11(10)12-3;1-2-4-3-1;1-3-2;1-2/h3-4,6-11,15-16,29,34H,2,5,12-14,17H2,1H3;4-7,12H,1H2,2-3H3;1-3H2;3H2,1-2H3;2H,1H3/b4-3-,23-6-;;;;. The molecule has 0 atom stereocenters. The highest BCUT2D eigenvalue weighted by Crippen LogP contribution is 2.25. The van der Waals surface area contributed by atoms with E-state index in [0.29, 0.717) is 29.1 Å². The summed E-state index contributed by atoms with van der Waals surface area (Å²) in [5.74, 6) is 0.619. The number of nitrogens with one attached hydrogen (secondary N) is 2. The van der Waals surface area contributed by atoms with Gasteiger partial charge in [-0.15, -0.1) is 0 Å². The molecule has 12 heteroatoms. The molecule has 302 valence electrons. The number of aromatic nitrogens is 2. The number of aldehydes is 1. The van der Waals surface area contributed by atoms with Gasteiger partial charge in [0.1, 0.15) is 17.9 Å². The van der Waals surface area contributed by atoms with E-state index in [-0.39, 0.29) is 5.82 Å². The van der Waals surface area contributed by atoms with Crippen molar-refractivity contribution in [2.24, 2.45) is 4.99 Å². The van der Waals surface area contributed by atoms with Gasteiger partial charge in [0, 0.05) is 69.5 Å². The fourth-order valence-corrected chi connectivity index (χ4v) is 5.96. The third-order valence-corrected chi connectivity index (χ3v) is 9.14. The van der Waals surface area contributed by atoms with Crippen molar-refractivity contribution < 1.29 is 19.0 Å². The lowest BCUT2D eigenvalue weighted by atomic mass is 10.0. The Bertz CT molecular complexity index is 1950. The number of hydrogen-bond donors (Lipinski definition) is 4. The molecule has 0 amide bonds. The second-order valence-corrected chi connectivity index (χ2v) is 13.5. The average Bonchev–Trinajstić information content (AvgIpc) is 3.49. The van der Waals surface area contributed by atoms with Crippen LogP contribution in [0.4, 0.5) is 15.8 Å². The number of carbonyl (C=O) groups is 1. The van der Waals surface area contributed by atoms with Crippen LogP contribution in [0.25, 0.3) is 17.1 Å². The number of imidazole rings is 1. The Kier molecular flexibility index (Phi) is 22.4. The normalized spacial score (nSPS) is 13.5. The predicted molar refractivity (Wildman–Crippen MR) is 239 cm³/mol. The highest BCUT2D eigenvalue weighted by atomic mass is 35.5. The molecular formula is C44H58ClFN6O3S. The Labute approximate surface area is 343 Å². The number of ether oxygens (including phenoxy) is 1. The van der Waals surface area contributed by atoms with Gasteiger partial charge in [-0.3, -0.25) is 18.7 Å². The molecule has 1 fully saturated rings. The number of allylic oxidation sites excluding steroid dienone is 4. The monoisotopic (exact) mass is 804 g/mol. The van der Waals surface area contributed by atoms with Crippen molar-refractivity contribution in [2.75, 3.05) is 58.1 Å². The second kappa shape index (κ2) is 26.4. The second-order valence-electron chi connectivity index (χ2n) is 12.6. The largest absolute Gasteiger partial charge is 0.400 e. The zero-order chi connectivity index (χ0) is 41.5. The van der Waals surface area contributed by atoms with Crippen molar-refractivity contribution in [3.63, 3.8) is 0 Å². The fraction of sp³-hybridized carbons (Fsp3) is 0.341. The molecule has 3 aromatic carbocycles. The van der Waals surface area contributed by atoms with Crippen LogP contribution in [0, 0.1) is 12.7 Å². The zero-order valence-corrected chi connectivity index (χ0v) is 35.3. The minimum Gasteiger partial charge on any atom is -0.400 e. The van der Waals surface area contributed by atoms with Crippen LogP contribution in [0.3, 0.4) is 0 Å². The number of halogens is 2. The Morgan fingerprint density at radius 3 is 2.36 bits per heavy atom. The number of hydrogen-bond acceptors (Lipinski definition) is 9. The van der Waals surface area contributed by atoms with E-state index in [1.807, 2.05) is 73.6 Å². The molecule has 3 heterocycles. The van der Waals surface area contributed by atoms with Crippen LogP contribution in [-0.2, 0) is 17.7 Å². The van der Waals surface area contributed by atoms with E-state index in [2.05, 4.69) is 66.6 Å². The lowest BCUT2D eigenvalue weighted by Crippen LogP contribution is -2.29. The molecule has 56 heavy (non-hydrogen) atoms. The summed E-state index contributed by atoms with van der Waals surface area (Å²) in [5, 5.41) is 13.6. The maximum atomic E-state index is 13.9. The number of anilines is 2. The van der Waals surface area contributed by atoms with Crippen molar-refractivity contribution in [2.45, 2.75) is 53.0 Å². The molecule has 0 spiro atoms. The van der Waals surface area contributed by atoms with Gasteiger partial charge in [-0.25, -0.2) is 9.37 Å². The molecule has 0 radical (unpaired) electrons. The lowest BCUT2D eigenvalue weighted by Gasteiger charge is -2.25. The van der Waals surface area contributed by atoms with Crippen LogP contribution in [0.15, 0.2) is 95.7 Å². The van der Waals surface area contributed by atoms with E-state index < -0.39 is 0 Å². The van der Waals surface area contributed by atoms with Crippen LogP contribution in [-0.4, -0.2) is 79.5 Å². The van der Waals surface area contributed by atoms with Gasteiger partial charge in [-0.2, -0.15) is 0 Å². The van der Waals surface area contributed by atoms with Gasteiger partial charge >= 0.3 is 0 Å². The first-order valence-electron chi connectivity index (χ1n) is 18.6. The number of benzene rings is 3. The SMILES string of the molecule is C1COC1.C=Cc1cc(C=O)cc(C)c1NC.C=N/C(=C\C=C/Cc1ccc(Cl)cc1F)C1=CCN(Cc2nc3cc(NC)ccc3n2S)CC1.CCC.CO. The van der Waals surface area contributed by atoms with Crippen molar-refractivity contribution in [1.82, 2.24) is 13.9 Å². The number of fused-ring (bicyclic) bond motifs is 1. The summed E-state index contributed by atoms with van der Waals surface area (Å²) < 4.78 is 20.5. The van der Waals surface area contributed by atoms with Gasteiger partial charge in [0.05, 0.1) is 23.3 Å². The number of nitrogens with zero attached hydrogens (tertiary/aromatic N) is 4. The number of aliphatic imine (C=N–C) groups is 1. The Morgan fingerprint density at radius 1 is 1.12 bits per heavy atom. The Balaban J connectivity index is 0.000000402. The lowest BCUT2D eigenvalue weighted by molar-refractivity contribution is 0.0367. The van der Waals surface area contributed by atoms with E-state index in [4.69, 9.17) is 26.4 Å². The third-order valence-electron chi connectivity index (χ3n) is 8.46. The molecule has 0 saturated carbocycles. The van der Waals surface area contributed by atoms with Gasteiger partial charge in [0.15, 0.2) is 0 Å². The number of rotatable bonds is 11. The fourth-order valence-electron chi connectivity index (χ4n) is 5.52. The molecule has 0 aliphatic carbocycles. The molecule has 4 aromatic rings. The Morgan fingerprint density at radius 2 is 1.82 bits per heavy atom. The zero-order valence-electron chi connectivity index (χ0n) is 33.6. The quantitative estimate of drug-likeness (QED) is 0.0518. The van der Waals surface area contributed by atoms with Crippen LogP contribution >= 0.6 is 24.4 Å². The number of aryl methyl sites for hydroxylation is 1. The molecule has 1 saturated heterocycles. The van der Waals surface area contributed by atoms with Gasteiger partial charge in [0.2, 0.25) is 0 Å². The number of aliphatic hydroxyl groups excluding tert-OH is 1. The average molecular weight is 806 g/mol. The van der Waals surface area contributed by atoms with E-state index in [0.717, 1.165) is 96.7 Å². The maximum Gasteiger partial charge on any atom is 0.150 e. The highest BCUT2D eigenvalue weighted by Gasteiger charge is 2.17. The van der Waals surface area contributed by atoms with Crippen LogP contribution in [0.1, 0.15) is 66.0 Å². The van der Waals surface area contributed by atoms with Crippen molar-refractivity contribution >= 4 is 65.9 Å². The van der Waals surface area contributed by atoms with E-state index in [1.54, 1.807) is 18.2 Å². The summed E-state index contributed by atoms with van der Waals surface area (Å²) in [6.45, 7) is 18.0. The summed E-state index contributed by atoms with van der Waals surface area (Å²) in [7, 11) is 4.75. The minimum absolute atomic E-state index is 0.296. The van der Waals surface area contributed by atoms with Crippen molar-refractivity contribution in [3.8, 4) is 0 Å². The molecule has 0 bridgehead atoms. The summed E-state index contributed by atoms with van der Waals surface area (Å²) in [6.07, 6.45) is 14.4. The predicted octanol–water partition coefficient (Wildman–Crippen LogP) is 10.0. The summed E-state index contributed by atoms with van der Waals surface area (Å²) >= 11 is 10.5. The van der Waals surface area contributed by atoms with E-state index in [9.17, 15) is 9.18 Å². The van der Waals surface area contributed by atoms with Crippen molar-refractivity contribution in [1.29, 1.82) is 0 Å². The topological polar surface area (TPSA) is 104 Å². The summed E-state index contributed by atoms with van der Waals surface area (Å²) in [4.78, 5) is 21.9. The number of carbonyl (C=O) groups excluding carboxylic acids is 1. The summed E-state index contributed by atoms with van der Waals surface area (Å²) in [6, 6.07) is 14.5. The van der Waals surface area contributed by atoms with E-state index >= 15 is 0 Å². The Hall–Kier alpha value is -4.52. The van der Waals surface area contributed by atoms with E-state index in [1.165, 1.54) is 18.9 Å². The number of thiol groups is 1. The summed E-state index contributed by atoms with van der Waals surface area (Å²) in [5.41, 5.74) is 9.29. The highest BCUT2D eigenvalue weighted by molar-refractivity contribution is 7.78.